The highest BCUT2D eigenvalue weighted by Gasteiger charge is 2.16. The lowest BCUT2D eigenvalue weighted by Crippen LogP contribution is -2.45. The van der Waals surface area contributed by atoms with Gasteiger partial charge < -0.3 is 16.0 Å². The van der Waals surface area contributed by atoms with Gasteiger partial charge in [-0.25, -0.2) is 0 Å². The maximum Gasteiger partial charge on any atom is 0.282 e. The maximum atomic E-state index is 11.6. The SMILES string of the molecule is CNc1nnc(C(=O)NCC(=O)NC(C)(C)C)s1. The molecule has 0 bridgehead atoms. The monoisotopic (exact) mass is 271 g/mol. The Bertz CT molecular complexity index is 438. The molecule has 1 rings (SSSR count). The Labute approximate surface area is 109 Å². The molecule has 2 amide bonds. The molecule has 1 heterocycles. The molecule has 0 aliphatic carbocycles. The van der Waals surface area contributed by atoms with E-state index in [2.05, 4.69) is 26.1 Å². The number of carbonyl (C=O) groups excluding carboxylic acids is 2. The molecule has 0 radical (unpaired) electrons. The molecule has 0 atom stereocenters. The summed E-state index contributed by atoms with van der Waals surface area (Å²) in [4.78, 5) is 23.1. The van der Waals surface area contributed by atoms with Crippen LogP contribution in [0.4, 0.5) is 5.13 Å². The molecule has 100 valence electrons. The summed E-state index contributed by atoms with van der Waals surface area (Å²) in [5, 5.41) is 16.2. The number of amides is 2. The van der Waals surface area contributed by atoms with Crippen molar-refractivity contribution in [3.63, 3.8) is 0 Å². The molecular formula is C10H17N5O2S. The van der Waals surface area contributed by atoms with Crippen LogP contribution in [0.25, 0.3) is 0 Å². The first-order chi connectivity index (χ1) is 8.31. The van der Waals surface area contributed by atoms with Crippen molar-refractivity contribution in [2.24, 2.45) is 0 Å². The van der Waals surface area contributed by atoms with E-state index in [1.165, 1.54) is 0 Å². The van der Waals surface area contributed by atoms with Crippen LogP contribution >= 0.6 is 11.3 Å². The Kier molecular flexibility index (Phi) is 4.60. The van der Waals surface area contributed by atoms with Crippen molar-refractivity contribution in [1.29, 1.82) is 0 Å². The first kappa shape index (κ1) is 14.4. The van der Waals surface area contributed by atoms with Gasteiger partial charge >= 0.3 is 0 Å². The zero-order valence-electron chi connectivity index (χ0n) is 10.8. The van der Waals surface area contributed by atoms with E-state index >= 15 is 0 Å². The number of carbonyl (C=O) groups is 2. The van der Waals surface area contributed by atoms with Crippen molar-refractivity contribution in [2.45, 2.75) is 26.3 Å². The van der Waals surface area contributed by atoms with E-state index in [4.69, 9.17) is 0 Å². The van der Waals surface area contributed by atoms with Crippen LogP contribution in [0, 0.1) is 0 Å². The lowest BCUT2D eigenvalue weighted by Gasteiger charge is -2.20. The minimum atomic E-state index is -0.405. The van der Waals surface area contributed by atoms with Crippen LogP contribution in [-0.2, 0) is 4.79 Å². The van der Waals surface area contributed by atoms with Crippen molar-refractivity contribution >= 4 is 28.3 Å². The van der Waals surface area contributed by atoms with Gasteiger partial charge in [0.2, 0.25) is 16.0 Å². The molecule has 1 aromatic rings. The Morgan fingerprint density at radius 2 is 1.94 bits per heavy atom. The van der Waals surface area contributed by atoms with Crippen LogP contribution in [0.5, 0.6) is 0 Å². The largest absolute Gasteiger partial charge is 0.363 e. The van der Waals surface area contributed by atoms with E-state index in [9.17, 15) is 9.59 Å². The Hall–Kier alpha value is -1.70. The zero-order chi connectivity index (χ0) is 13.8. The van der Waals surface area contributed by atoms with Gasteiger partial charge in [-0.15, -0.1) is 10.2 Å². The van der Waals surface area contributed by atoms with Crippen LogP contribution < -0.4 is 16.0 Å². The highest BCUT2D eigenvalue weighted by atomic mass is 32.1. The predicted octanol–water partition coefficient (Wildman–Crippen LogP) is 0.224. The van der Waals surface area contributed by atoms with E-state index in [0.717, 1.165) is 11.3 Å². The van der Waals surface area contributed by atoms with Gasteiger partial charge in [0.05, 0.1) is 6.54 Å². The van der Waals surface area contributed by atoms with Crippen molar-refractivity contribution in [1.82, 2.24) is 20.8 Å². The van der Waals surface area contributed by atoms with E-state index in [-0.39, 0.29) is 23.0 Å². The van der Waals surface area contributed by atoms with Crippen molar-refractivity contribution in [2.75, 3.05) is 18.9 Å². The van der Waals surface area contributed by atoms with Crippen LogP contribution in [-0.4, -0.2) is 41.1 Å². The number of hydrogen-bond acceptors (Lipinski definition) is 6. The Morgan fingerprint density at radius 1 is 1.28 bits per heavy atom. The van der Waals surface area contributed by atoms with Crippen LogP contribution in [0.3, 0.4) is 0 Å². The molecule has 0 spiro atoms. The van der Waals surface area contributed by atoms with Crippen LogP contribution in [0.2, 0.25) is 0 Å². The number of nitrogens with one attached hydrogen (secondary N) is 3. The minimum Gasteiger partial charge on any atom is -0.363 e. The molecule has 18 heavy (non-hydrogen) atoms. The molecule has 0 fully saturated rings. The predicted molar refractivity (Wildman–Crippen MR) is 69.7 cm³/mol. The fourth-order valence-electron chi connectivity index (χ4n) is 1.11. The molecule has 0 saturated heterocycles. The summed E-state index contributed by atoms with van der Waals surface area (Å²) >= 11 is 1.13. The van der Waals surface area contributed by atoms with Gasteiger partial charge in [-0.3, -0.25) is 9.59 Å². The second kappa shape index (κ2) is 5.76. The maximum absolute atomic E-state index is 11.6. The molecule has 0 aliphatic heterocycles. The topological polar surface area (TPSA) is 96.0 Å². The van der Waals surface area contributed by atoms with Gasteiger partial charge in [0, 0.05) is 12.6 Å². The first-order valence-corrected chi connectivity index (χ1v) is 6.24. The molecule has 0 aliphatic rings. The van der Waals surface area contributed by atoms with Crippen LogP contribution in [0.15, 0.2) is 0 Å². The van der Waals surface area contributed by atoms with Gasteiger partial charge in [0.25, 0.3) is 5.91 Å². The Balaban J connectivity index is 2.44. The summed E-state index contributed by atoms with van der Waals surface area (Å²) in [5.74, 6) is -0.646. The summed E-state index contributed by atoms with van der Waals surface area (Å²) in [5.41, 5.74) is -0.316. The number of rotatable bonds is 4. The summed E-state index contributed by atoms with van der Waals surface area (Å²) in [6.45, 7) is 5.54. The standard InChI is InChI=1S/C10H17N5O2S/c1-10(2,3)13-6(16)5-12-7(17)8-14-15-9(11-4)18-8/h5H2,1-4H3,(H,11,15)(H,12,17)(H,13,16). The van der Waals surface area contributed by atoms with E-state index in [1.54, 1.807) is 7.05 Å². The first-order valence-electron chi connectivity index (χ1n) is 5.42. The molecule has 0 saturated carbocycles. The molecule has 7 nitrogen and oxygen atoms in total. The third-order valence-corrected chi connectivity index (χ3v) is 2.70. The summed E-state index contributed by atoms with van der Waals surface area (Å²) in [6.07, 6.45) is 0. The molecule has 0 unspecified atom stereocenters. The van der Waals surface area contributed by atoms with Gasteiger partial charge in [-0.05, 0) is 20.8 Å². The number of hydrogen-bond donors (Lipinski definition) is 3. The zero-order valence-corrected chi connectivity index (χ0v) is 11.6. The van der Waals surface area contributed by atoms with Crippen molar-refractivity contribution in [3.8, 4) is 0 Å². The molecule has 0 aromatic carbocycles. The molecule has 8 heteroatoms. The minimum absolute atomic E-state index is 0.0788. The molecule has 1 aromatic heterocycles. The lowest BCUT2D eigenvalue weighted by molar-refractivity contribution is -0.121. The summed E-state index contributed by atoms with van der Waals surface area (Å²) in [6, 6.07) is 0. The quantitative estimate of drug-likeness (QED) is 0.728. The third-order valence-electron chi connectivity index (χ3n) is 1.76. The van der Waals surface area contributed by atoms with Crippen LogP contribution in [0.1, 0.15) is 30.6 Å². The lowest BCUT2D eigenvalue weighted by atomic mass is 10.1. The fraction of sp³-hybridized carbons (Fsp3) is 0.600. The third kappa shape index (κ3) is 4.66. The molecule has 3 N–H and O–H groups in total. The summed E-state index contributed by atoms with van der Waals surface area (Å²) < 4.78 is 0. The average molecular weight is 271 g/mol. The summed E-state index contributed by atoms with van der Waals surface area (Å²) in [7, 11) is 1.69. The number of nitrogens with zero attached hydrogens (tertiary/aromatic N) is 2. The second-order valence-corrected chi connectivity index (χ2v) is 5.62. The van der Waals surface area contributed by atoms with Gasteiger partial charge in [-0.1, -0.05) is 11.3 Å². The van der Waals surface area contributed by atoms with E-state index < -0.39 is 5.91 Å². The highest BCUT2D eigenvalue weighted by Crippen LogP contribution is 2.13. The number of anilines is 1. The van der Waals surface area contributed by atoms with Crippen molar-refractivity contribution in [3.05, 3.63) is 5.01 Å². The van der Waals surface area contributed by atoms with Gasteiger partial charge in [0.1, 0.15) is 0 Å². The normalized spacial score (nSPS) is 10.9. The average Bonchev–Trinajstić information content (AvgIpc) is 2.72. The molecular weight excluding hydrogens is 254 g/mol. The van der Waals surface area contributed by atoms with Gasteiger partial charge in [-0.2, -0.15) is 0 Å². The number of aromatic nitrogens is 2. The highest BCUT2D eigenvalue weighted by molar-refractivity contribution is 7.17. The Morgan fingerprint density at radius 3 is 2.44 bits per heavy atom. The second-order valence-electron chi connectivity index (χ2n) is 4.64. The smallest absolute Gasteiger partial charge is 0.282 e. The van der Waals surface area contributed by atoms with Gasteiger partial charge in [0.15, 0.2) is 0 Å². The van der Waals surface area contributed by atoms with Crippen molar-refractivity contribution < 1.29 is 9.59 Å². The fourth-order valence-corrected chi connectivity index (χ4v) is 1.73. The van der Waals surface area contributed by atoms with E-state index in [0.29, 0.717) is 5.13 Å². The van der Waals surface area contributed by atoms with E-state index in [1.807, 2.05) is 20.8 Å².